The van der Waals surface area contributed by atoms with Crippen molar-refractivity contribution in [2.45, 2.75) is 38.0 Å². The quantitative estimate of drug-likeness (QED) is 0.879. The summed E-state index contributed by atoms with van der Waals surface area (Å²) in [5.41, 5.74) is 1.58. The lowest BCUT2D eigenvalue weighted by molar-refractivity contribution is -0.115. The first-order valence-corrected chi connectivity index (χ1v) is 8.80. The zero-order chi connectivity index (χ0) is 17.6. The Hall–Kier alpha value is -2.63. The van der Waals surface area contributed by atoms with Crippen molar-refractivity contribution in [3.8, 4) is 0 Å². The number of benzene rings is 1. The van der Waals surface area contributed by atoms with Crippen LogP contribution in [0.25, 0.3) is 0 Å². The summed E-state index contributed by atoms with van der Waals surface area (Å²) in [5.74, 6) is 0.633. The molecule has 132 valence electrons. The number of aromatic nitrogens is 2. The van der Waals surface area contributed by atoms with Crippen LogP contribution in [0.1, 0.15) is 54.1 Å². The normalized spacial score (nSPS) is 14.9. The van der Waals surface area contributed by atoms with E-state index in [-0.39, 0.29) is 18.4 Å². The highest BCUT2D eigenvalue weighted by Crippen LogP contribution is 2.32. The molecule has 0 unspecified atom stereocenters. The molecule has 3 rings (SSSR count). The molecule has 2 amide bonds. The molecular weight excluding hydrogens is 316 g/mol. The van der Waals surface area contributed by atoms with Crippen molar-refractivity contribution < 1.29 is 9.59 Å². The first-order valence-electron chi connectivity index (χ1n) is 8.80. The second kappa shape index (κ2) is 7.96. The van der Waals surface area contributed by atoms with Crippen LogP contribution >= 0.6 is 0 Å². The summed E-state index contributed by atoms with van der Waals surface area (Å²) < 4.78 is 1.70. The average Bonchev–Trinajstić information content (AvgIpc) is 3.01. The zero-order valence-electron chi connectivity index (χ0n) is 14.5. The molecule has 1 aromatic heterocycles. The van der Waals surface area contributed by atoms with Crippen LogP contribution in [0.15, 0.2) is 36.4 Å². The van der Waals surface area contributed by atoms with E-state index in [1.807, 2.05) is 19.2 Å². The summed E-state index contributed by atoms with van der Waals surface area (Å²) in [5, 5.41) is 10.00. The number of nitrogens with zero attached hydrogens (tertiary/aromatic N) is 2. The van der Waals surface area contributed by atoms with Crippen molar-refractivity contribution in [1.82, 2.24) is 15.1 Å². The molecule has 25 heavy (non-hydrogen) atoms. The number of hydrogen-bond acceptors (Lipinski definition) is 3. The van der Waals surface area contributed by atoms with Gasteiger partial charge >= 0.3 is 0 Å². The lowest BCUT2D eigenvalue weighted by atomic mass is 9.87. The van der Waals surface area contributed by atoms with E-state index < -0.39 is 0 Å². The van der Waals surface area contributed by atoms with Crippen molar-refractivity contribution in [1.29, 1.82) is 0 Å². The summed E-state index contributed by atoms with van der Waals surface area (Å²) in [6.07, 6.45) is 6.12. The predicted molar refractivity (Wildman–Crippen MR) is 96.4 cm³/mol. The van der Waals surface area contributed by atoms with Crippen molar-refractivity contribution in [3.05, 3.63) is 47.7 Å². The molecule has 6 heteroatoms. The second-order valence-corrected chi connectivity index (χ2v) is 6.51. The third-order valence-electron chi connectivity index (χ3n) is 4.64. The molecule has 2 aromatic rings. The van der Waals surface area contributed by atoms with Crippen LogP contribution in [0.4, 0.5) is 5.82 Å². The zero-order valence-corrected chi connectivity index (χ0v) is 14.5. The van der Waals surface area contributed by atoms with E-state index in [4.69, 9.17) is 0 Å². The van der Waals surface area contributed by atoms with E-state index in [1.165, 1.54) is 19.3 Å². The Morgan fingerprint density at radius 1 is 1.16 bits per heavy atom. The van der Waals surface area contributed by atoms with Crippen molar-refractivity contribution in [3.63, 3.8) is 0 Å². The minimum Gasteiger partial charge on any atom is -0.343 e. The summed E-state index contributed by atoms with van der Waals surface area (Å²) >= 11 is 0. The molecule has 0 aliphatic heterocycles. The molecule has 1 fully saturated rings. The van der Waals surface area contributed by atoms with Gasteiger partial charge in [0.25, 0.3) is 5.91 Å². The largest absolute Gasteiger partial charge is 0.343 e. The Balaban J connectivity index is 1.54. The maximum Gasteiger partial charge on any atom is 0.251 e. The number of anilines is 1. The molecule has 1 aliphatic rings. The number of rotatable bonds is 5. The molecule has 1 aliphatic carbocycles. The fourth-order valence-corrected chi connectivity index (χ4v) is 3.24. The van der Waals surface area contributed by atoms with Crippen molar-refractivity contribution >= 4 is 17.6 Å². The van der Waals surface area contributed by atoms with E-state index in [1.54, 1.807) is 28.9 Å². The van der Waals surface area contributed by atoms with Gasteiger partial charge in [-0.05, 0) is 25.0 Å². The first kappa shape index (κ1) is 17.2. The van der Waals surface area contributed by atoms with Crippen LogP contribution in [0.2, 0.25) is 0 Å². The SMILES string of the molecule is Cn1nc(C2CCCCC2)cc1NC(=O)CNC(=O)c1ccccc1. The van der Waals surface area contributed by atoms with Gasteiger partial charge in [0.15, 0.2) is 0 Å². The van der Waals surface area contributed by atoms with Gasteiger partial charge in [0, 0.05) is 24.6 Å². The number of amides is 2. The lowest BCUT2D eigenvalue weighted by Crippen LogP contribution is -2.33. The Kier molecular flexibility index (Phi) is 5.48. The second-order valence-electron chi connectivity index (χ2n) is 6.51. The Labute approximate surface area is 147 Å². The Bertz CT molecular complexity index is 733. The smallest absolute Gasteiger partial charge is 0.251 e. The molecule has 0 radical (unpaired) electrons. The standard InChI is InChI=1S/C19H24N4O2/c1-23-17(12-16(22-23)14-8-4-2-5-9-14)21-18(24)13-20-19(25)15-10-6-3-7-11-15/h3,6-7,10-12,14H,2,4-5,8-9,13H2,1H3,(H,20,25)(H,21,24). The molecule has 0 atom stereocenters. The van der Waals surface area contributed by atoms with Gasteiger partial charge in [-0.2, -0.15) is 5.10 Å². The number of nitrogens with one attached hydrogen (secondary N) is 2. The minimum atomic E-state index is -0.262. The van der Waals surface area contributed by atoms with E-state index in [0.717, 1.165) is 18.5 Å². The maximum absolute atomic E-state index is 12.1. The van der Waals surface area contributed by atoms with E-state index in [9.17, 15) is 9.59 Å². The van der Waals surface area contributed by atoms with Gasteiger partial charge in [-0.25, -0.2) is 0 Å². The van der Waals surface area contributed by atoms with Gasteiger partial charge in [0.1, 0.15) is 5.82 Å². The van der Waals surface area contributed by atoms with Gasteiger partial charge in [-0.1, -0.05) is 37.5 Å². The lowest BCUT2D eigenvalue weighted by Gasteiger charge is -2.19. The molecule has 0 spiro atoms. The van der Waals surface area contributed by atoms with Crippen LogP contribution in [-0.4, -0.2) is 28.1 Å². The molecule has 1 heterocycles. The Morgan fingerprint density at radius 3 is 2.60 bits per heavy atom. The highest BCUT2D eigenvalue weighted by molar-refractivity contribution is 5.99. The van der Waals surface area contributed by atoms with E-state index in [2.05, 4.69) is 15.7 Å². The molecule has 0 saturated heterocycles. The molecule has 1 aromatic carbocycles. The molecule has 6 nitrogen and oxygen atoms in total. The fraction of sp³-hybridized carbons (Fsp3) is 0.421. The summed E-state index contributed by atoms with van der Waals surface area (Å²) in [4.78, 5) is 24.1. The van der Waals surface area contributed by atoms with Crippen LogP contribution in [-0.2, 0) is 11.8 Å². The van der Waals surface area contributed by atoms with Crippen LogP contribution in [0, 0.1) is 0 Å². The fourth-order valence-electron chi connectivity index (χ4n) is 3.24. The maximum atomic E-state index is 12.1. The van der Waals surface area contributed by atoms with E-state index in [0.29, 0.717) is 17.3 Å². The number of carbonyl (C=O) groups excluding carboxylic acids is 2. The average molecular weight is 340 g/mol. The van der Waals surface area contributed by atoms with Gasteiger partial charge in [-0.15, -0.1) is 0 Å². The molecule has 2 N–H and O–H groups in total. The topological polar surface area (TPSA) is 76.0 Å². The highest BCUT2D eigenvalue weighted by Gasteiger charge is 2.20. The van der Waals surface area contributed by atoms with Crippen molar-refractivity contribution in [2.24, 2.45) is 7.05 Å². The Morgan fingerprint density at radius 2 is 1.88 bits per heavy atom. The van der Waals surface area contributed by atoms with Gasteiger partial charge in [0.2, 0.25) is 5.91 Å². The van der Waals surface area contributed by atoms with Crippen molar-refractivity contribution in [2.75, 3.05) is 11.9 Å². The van der Waals surface area contributed by atoms with E-state index >= 15 is 0 Å². The molecular formula is C19H24N4O2. The summed E-state index contributed by atoms with van der Waals surface area (Å²) in [6, 6.07) is 10.8. The predicted octanol–water partition coefficient (Wildman–Crippen LogP) is 2.84. The number of hydrogen-bond donors (Lipinski definition) is 2. The van der Waals surface area contributed by atoms with Crippen LogP contribution < -0.4 is 10.6 Å². The summed E-state index contributed by atoms with van der Waals surface area (Å²) in [6.45, 7) is -0.0718. The summed E-state index contributed by atoms with van der Waals surface area (Å²) in [7, 11) is 1.82. The highest BCUT2D eigenvalue weighted by atomic mass is 16.2. The molecule has 0 bridgehead atoms. The van der Waals surface area contributed by atoms with Gasteiger partial charge in [-0.3, -0.25) is 14.3 Å². The van der Waals surface area contributed by atoms with Crippen LogP contribution in [0.3, 0.4) is 0 Å². The third-order valence-corrected chi connectivity index (χ3v) is 4.64. The number of carbonyl (C=O) groups is 2. The van der Waals surface area contributed by atoms with Gasteiger partial charge in [0.05, 0.1) is 12.2 Å². The first-order chi connectivity index (χ1) is 12.1. The third kappa shape index (κ3) is 4.47. The monoisotopic (exact) mass is 340 g/mol. The number of aryl methyl sites for hydroxylation is 1. The van der Waals surface area contributed by atoms with Crippen LogP contribution in [0.5, 0.6) is 0 Å². The van der Waals surface area contributed by atoms with Gasteiger partial charge < -0.3 is 10.6 Å². The molecule has 1 saturated carbocycles. The minimum absolute atomic E-state index is 0.0718.